The molecule has 1 amide bonds. The maximum absolute atomic E-state index is 13.0. The van der Waals surface area contributed by atoms with Gasteiger partial charge in [-0.05, 0) is 66.3 Å². The molecule has 0 radical (unpaired) electrons. The zero-order valence-electron chi connectivity index (χ0n) is 22.2. The van der Waals surface area contributed by atoms with Crippen molar-refractivity contribution in [1.29, 1.82) is 5.26 Å². The number of likely N-dealkylation sites (N-methyl/N-ethyl adjacent to an activating group) is 1. The van der Waals surface area contributed by atoms with Gasteiger partial charge in [-0.1, -0.05) is 60.7 Å². The van der Waals surface area contributed by atoms with Crippen LogP contribution in [0.2, 0.25) is 0 Å². The van der Waals surface area contributed by atoms with Crippen LogP contribution in [0, 0.1) is 17.2 Å². The van der Waals surface area contributed by atoms with E-state index in [1.54, 1.807) is 16.4 Å². The molecule has 1 fully saturated rings. The van der Waals surface area contributed by atoms with Crippen LogP contribution in [0.3, 0.4) is 0 Å². The average molecular weight is 543 g/mol. The van der Waals surface area contributed by atoms with E-state index in [2.05, 4.69) is 28.4 Å². The number of carbonyl (C=O) groups is 1. The van der Waals surface area contributed by atoms with Gasteiger partial charge in [0.05, 0.1) is 11.0 Å². The molecule has 0 spiro atoms. The first-order valence-corrected chi connectivity index (χ1v) is 14.9. The molecule has 3 aromatic carbocycles. The van der Waals surface area contributed by atoms with Crippen molar-refractivity contribution in [3.63, 3.8) is 0 Å². The maximum Gasteiger partial charge on any atom is 0.243 e. The lowest BCUT2D eigenvalue weighted by atomic mass is 9.83. The molecule has 1 heterocycles. The third-order valence-electron chi connectivity index (χ3n) is 7.87. The van der Waals surface area contributed by atoms with Gasteiger partial charge < -0.3 is 10.2 Å². The number of nitrogens with one attached hydrogen (secondary N) is 1. The van der Waals surface area contributed by atoms with Crippen molar-refractivity contribution < 1.29 is 13.2 Å². The molecule has 2 atom stereocenters. The van der Waals surface area contributed by atoms with Gasteiger partial charge in [-0.15, -0.1) is 0 Å². The summed E-state index contributed by atoms with van der Waals surface area (Å²) in [7, 11) is -1.50. The van der Waals surface area contributed by atoms with Crippen molar-refractivity contribution in [3.05, 3.63) is 89.5 Å². The number of amides is 1. The molecule has 1 aliphatic carbocycles. The lowest BCUT2D eigenvalue weighted by molar-refractivity contribution is -0.125. The fourth-order valence-electron chi connectivity index (χ4n) is 5.41. The lowest BCUT2D eigenvalue weighted by Gasteiger charge is -2.31. The highest BCUT2D eigenvalue weighted by Gasteiger charge is 2.28. The minimum absolute atomic E-state index is 0.0562. The maximum atomic E-state index is 13.0. The summed E-state index contributed by atoms with van der Waals surface area (Å²) in [5.41, 5.74) is 5.36. The number of hydrogen-bond donors (Lipinski definition) is 1. The van der Waals surface area contributed by atoms with Gasteiger partial charge in [0.25, 0.3) is 0 Å². The highest BCUT2D eigenvalue weighted by molar-refractivity contribution is 7.89. The van der Waals surface area contributed by atoms with Gasteiger partial charge >= 0.3 is 0 Å². The van der Waals surface area contributed by atoms with Crippen LogP contribution in [-0.2, 0) is 34.1 Å². The first-order valence-electron chi connectivity index (χ1n) is 13.5. The second-order valence-corrected chi connectivity index (χ2v) is 12.5. The number of benzene rings is 3. The lowest BCUT2D eigenvalue weighted by Crippen LogP contribution is -2.46. The van der Waals surface area contributed by atoms with E-state index >= 15 is 0 Å². The van der Waals surface area contributed by atoms with Crippen LogP contribution in [0.4, 0.5) is 0 Å². The van der Waals surface area contributed by atoms with Gasteiger partial charge in [0.2, 0.25) is 15.9 Å². The summed E-state index contributed by atoms with van der Waals surface area (Å²) in [5, 5.41) is 12.7. The number of nitriles is 1. The fourth-order valence-corrected chi connectivity index (χ4v) is 6.83. The number of piperazine rings is 1. The van der Waals surface area contributed by atoms with E-state index in [1.165, 1.54) is 11.1 Å². The van der Waals surface area contributed by atoms with Crippen molar-refractivity contribution in [2.75, 3.05) is 33.2 Å². The summed E-state index contributed by atoms with van der Waals surface area (Å²) in [4.78, 5) is 15.3. The Hall–Kier alpha value is -3.51. The van der Waals surface area contributed by atoms with E-state index < -0.39 is 16.1 Å². The summed E-state index contributed by atoms with van der Waals surface area (Å²) in [6.07, 6.45) is 2.82. The zero-order chi connectivity index (χ0) is 27.4. The summed E-state index contributed by atoms with van der Waals surface area (Å²) in [6, 6.07) is 24.7. The molecule has 8 heteroatoms. The van der Waals surface area contributed by atoms with Gasteiger partial charge in [-0.25, -0.2) is 8.42 Å². The van der Waals surface area contributed by atoms with Gasteiger partial charge in [0.1, 0.15) is 6.04 Å². The third-order valence-corrected chi connectivity index (χ3v) is 9.78. The Labute approximate surface area is 231 Å². The Bertz CT molecular complexity index is 1450. The second kappa shape index (κ2) is 11.7. The number of sulfonamides is 1. The van der Waals surface area contributed by atoms with Crippen LogP contribution in [0.1, 0.15) is 23.1 Å². The molecule has 0 aromatic heterocycles. The smallest absolute Gasteiger partial charge is 0.243 e. The minimum atomic E-state index is -3.50. The summed E-state index contributed by atoms with van der Waals surface area (Å²) >= 11 is 0. The number of hydrogen-bond acceptors (Lipinski definition) is 5. The van der Waals surface area contributed by atoms with E-state index in [4.69, 9.17) is 0 Å². The first kappa shape index (κ1) is 27.1. The van der Waals surface area contributed by atoms with Crippen molar-refractivity contribution in [2.45, 2.75) is 36.6 Å². The molecule has 1 N–H and O–H groups in total. The van der Waals surface area contributed by atoms with Gasteiger partial charge in [0.15, 0.2) is 0 Å². The van der Waals surface area contributed by atoms with E-state index in [-0.39, 0.29) is 11.8 Å². The van der Waals surface area contributed by atoms with Gasteiger partial charge in [0, 0.05) is 38.5 Å². The molecule has 0 saturated carbocycles. The normalized spacial score (nSPS) is 19.0. The Morgan fingerprint density at radius 1 is 0.949 bits per heavy atom. The van der Waals surface area contributed by atoms with Crippen LogP contribution >= 0.6 is 0 Å². The Kier molecular flexibility index (Phi) is 8.12. The van der Waals surface area contributed by atoms with Crippen LogP contribution < -0.4 is 5.32 Å². The predicted molar refractivity (Wildman–Crippen MR) is 151 cm³/mol. The van der Waals surface area contributed by atoms with Crippen molar-refractivity contribution in [1.82, 2.24) is 14.5 Å². The number of fused-ring (bicyclic) bond motifs is 1. The van der Waals surface area contributed by atoms with Crippen molar-refractivity contribution in [3.8, 4) is 17.2 Å². The second-order valence-electron chi connectivity index (χ2n) is 10.5. The van der Waals surface area contributed by atoms with E-state index in [0.717, 1.165) is 42.6 Å². The molecule has 39 heavy (non-hydrogen) atoms. The molecule has 1 unspecified atom stereocenters. The van der Waals surface area contributed by atoms with E-state index in [9.17, 15) is 18.5 Å². The molecular formula is C31H34N4O3S. The highest BCUT2D eigenvalue weighted by Crippen LogP contribution is 2.26. The van der Waals surface area contributed by atoms with E-state index in [1.807, 2.05) is 55.6 Å². The zero-order valence-corrected chi connectivity index (χ0v) is 23.0. The average Bonchev–Trinajstić information content (AvgIpc) is 2.97. The Morgan fingerprint density at radius 2 is 1.56 bits per heavy atom. The number of nitrogens with zero attached hydrogens (tertiary/aromatic N) is 3. The molecule has 1 saturated heterocycles. The van der Waals surface area contributed by atoms with E-state index in [0.29, 0.717) is 30.8 Å². The molecule has 0 bridgehead atoms. The monoisotopic (exact) mass is 542 g/mol. The number of carbonyl (C=O) groups excluding carboxylic acids is 1. The van der Waals surface area contributed by atoms with Crippen molar-refractivity contribution >= 4 is 15.9 Å². The standard InChI is InChI=1S/C31H34N4O3S/c1-34-16-18-35(19-17-34)39(37,38)30-14-12-26(13-15-30)25-8-6-23(7-9-25)20-29(22-32)33-31(36)28-11-10-24-4-2-3-5-27(24)21-28/h2-9,12-15,28-29H,10-11,16-21H2,1H3,(H,33,36)/t28?,29-/m0/s1. The van der Waals surface area contributed by atoms with Gasteiger partial charge in [-0.3, -0.25) is 4.79 Å². The predicted octanol–water partition coefficient (Wildman–Crippen LogP) is 3.65. The molecule has 5 rings (SSSR count). The van der Waals surface area contributed by atoms with Crippen LogP contribution in [0.5, 0.6) is 0 Å². The largest absolute Gasteiger partial charge is 0.340 e. The fraction of sp³-hybridized carbons (Fsp3) is 0.355. The van der Waals surface area contributed by atoms with Crippen molar-refractivity contribution in [2.24, 2.45) is 5.92 Å². The molecule has 202 valence electrons. The molecule has 1 aliphatic heterocycles. The summed E-state index contributed by atoms with van der Waals surface area (Å²) in [5.74, 6) is -0.166. The van der Waals surface area contributed by atoms with Crippen LogP contribution in [-0.4, -0.2) is 62.8 Å². The SMILES string of the molecule is CN1CCN(S(=O)(=O)c2ccc(-c3ccc(C[C@@H](C#N)NC(=O)C4CCc5ccccc5C4)cc3)cc2)CC1. The Morgan fingerprint density at radius 3 is 2.21 bits per heavy atom. The quantitative estimate of drug-likeness (QED) is 0.492. The molecule has 7 nitrogen and oxygen atoms in total. The Balaban J connectivity index is 1.19. The first-order chi connectivity index (χ1) is 18.8. The third kappa shape index (κ3) is 6.22. The topological polar surface area (TPSA) is 93.5 Å². The highest BCUT2D eigenvalue weighted by atomic mass is 32.2. The summed E-state index contributed by atoms with van der Waals surface area (Å²) < 4.78 is 27.6. The summed E-state index contributed by atoms with van der Waals surface area (Å²) in [6.45, 7) is 2.46. The minimum Gasteiger partial charge on any atom is -0.340 e. The molecule has 3 aromatic rings. The van der Waals surface area contributed by atoms with Gasteiger partial charge in [-0.2, -0.15) is 9.57 Å². The molecular weight excluding hydrogens is 508 g/mol. The number of rotatable bonds is 7. The van der Waals surface area contributed by atoms with Crippen LogP contribution in [0.25, 0.3) is 11.1 Å². The molecule has 2 aliphatic rings. The van der Waals surface area contributed by atoms with Crippen LogP contribution in [0.15, 0.2) is 77.7 Å². The number of aryl methyl sites for hydroxylation is 1.